The molecule has 3 heterocycles. The predicted octanol–water partition coefficient (Wildman–Crippen LogP) is 4.06. The number of halogens is 3. The lowest BCUT2D eigenvalue weighted by Gasteiger charge is -2.33. The van der Waals surface area contributed by atoms with Crippen LogP contribution < -0.4 is 21.1 Å². The molecule has 0 saturated carbocycles. The zero-order valence-corrected chi connectivity index (χ0v) is 20.7. The number of rotatable bonds is 5. The van der Waals surface area contributed by atoms with Gasteiger partial charge in [0.25, 0.3) is 17.4 Å². The highest BCUT2D eigenvalue weighted by molar-refractivity contribution is 6.29. The molecule has 0 radical (unpaired) electrons. The number of hydrogen-bond donors (Lipinski definition) is 2. The smallest absolute Gasteiger partial charge is 0.271 e. The number of carbonyl (C=O) groups excluding carboxylic acids is 1. The zero-order valence-electron chi connectivity index (χ0n) is 20.0. The fourth-order valence-electron chi connectivity index (χ4n) is 4.34. The molecule has 1 unspecified atom stereocenters. The van der Waals surface area contributed by atoms with E-state index in [-0.39, 0.29) is 48.4 Å². The first-order valence-electron chi connectivity index (χ1n) is 11.3. The highest BCUT2D eigenvalue weighted by Gasteiger charge is 2.35. The van der Waals surface area contributed by atoms with Crippen LogP contribution in [0.25, 0.3) is 10.9 Å². The molecule has 8 nitrogen and oxygen atoms in total. The van der Waals surface area contributed by atoms with Crippen molar-refractivity contribution in [3.63, 3.8) is 0 Å². The molecule has 2 aromatic heterocycles. The number of aryl methyl sites for hydroxylation is 1. The number of amides is 1. The summed E-state index contributed by atoms with van der Waals surface area (Å²) in [4.78, 5) is 36.3. The summed E-state index contributed by atoms with van der Waals surface area (Å²) in [7, 11) is 3.11. The monoisotopic (exact) mass is 504 g/mol. The molecule has 4 rings (SSSR count). The Kier molecular flexibility index (Phi) is 6.68. The average Bonchev–Trinajstić information content (AvgIpc) is 2.82. The molecule has 35 heavy (non-hydrogen) atoms. The van der Waals surface area contributed by atoms with Crippen LogP contribution >= 0.6 is 11.6 Å². The predicted molar refractivity (Wildman–Crippen MR) is 133 cm³/mol. The van der Waals surface area contributed by atoms with E-state index < -0.39 is 11.8 Å². The third kappa shape index (κ3) is 4.93. The number of benzene rings is 1. The number of pyridine rings is 1. The van der Waals surface area contributed by atoms with E-state index in [1.54, 1.807) is 30.1 Å². The summed E-state index contributed by atoms with van der Waals surface area (Å²) in [6.45, 7) is 3.99. The lowest BCUT2D eigenvalue weighted by Crippen LogP contribution is -2.42. The van der Waals surface area contributed by atoms with Crippen molar-refractivity contribution in [2.24, 2.45) is 7.05 Å². The van der Waals surface area contributed by atoms with Crippen LogP contribution in [0, 0.1) is 6.92 Å². The fourth-order valence-corrected chi connectivity index (χ4v) is 4.49. The lowest BCUT2D eigenvalue weighted by atomic mass is 10.0. The minimum absolute atomic E-state index is 0.111. The summed E-state index contributed by atoms with van der Waals surface area (Å²) in [5.41, 5.74) is 2.44. The number of piperidine rings is 1. The largest absolute Gasteiger partial charge is 0.377 e. The van der Waals surface area contributed by atoms with Crippen molar-refractivity contribution in [2.45, 2.75) is 38.7 Å². The molecular formula is C24H27ClF2N6O2. The van der Waals surface area contributed by atoms with Gasteiger partial charge in [0.05, 0.1) is 22.6 Å². The van der Waals surface area contributed by atoms with Gasteiger partial charge >= 0.3 is 0 Å². The van der Waals surface area contributed by atoms with Gasteiger partial charge in [0.15, 0.2) is 5.69 Å². The molecule has 3 aromatic rings. The van der Waals surface area contributed by atoms with Crippen molar-refractivity contribution in [2.75, 3.05) is 30.4 Å². The molecule has 1 amide bonds. The summed E-state index contributed by atoms with van der Waals surface area (Å²) in [6.07, 6.45) is -0.573. The molecule has 2 N–H and O–H groups in total. The van der Waals surface area contributed by atoms with Crippen molar-refractivity contribution >= 4 is 40.0 Å². The second-order valence-corrected chi connectivity index (χ2v) is 9.23. The number of alkyl halides is 2. The van der Waals surface area contributed by atoms with E-state index in [0.717, 1.165) is 11.1 Å². The maximum Gasteiger partial charge on any atom is 0.271 e. The Balaban J connectivity index is 1.79. The minimum Gasteiger partial charge on any atom is -0.377 e. The minimum atomic E-state index is -2.71. The molecule has 1 atom stereocenters. The zero-order chi connectivity index (χ0) is 25.5. The summed E-state index contributed by atoms with van der Waals surface area (Å²) < 4.78 is 28.9. The summed E-state index contributed by atoms with van der Waals surface area (Å²) >= 11 is 5.99. The number of nitrogens with zero attached hydrogens (tertiary/aromatic N) is 4. The van der Waals surface area contributed by atoms with Crippen LogP contribution in [0.2, 0.25) is 5.15 Å². The Hall–Kier alpha value is -3.27. The van der Waals surface area contributed by atoms with Crippen LogP contribution in [0.4, 0.5) is 20.4 Å². The van der Waals surface area contributed by atoms with Gasteiger partial charge < -0.3 is 15.5 Å². The van der Waals surface area contributed by atoms with Crippen molar-refractivity contribution in [1.29, 1.82) is 0 Å². The Morgan fingerprint density at radius 2 is 1.89 bits per heavy atom. The van der Waals surface area contributed by atoms with Gasteiger partial charge in [-0.25, -0.2) is 18.7 Å². The highest BCUT2D eigenvalue weighted by atomic mass is 35.5. The Labute approximate surface area is 206 Å². The Bertz CT molecular complexity index is 1350. The van der Waals surface area contributed by atoms with Crippen LogP contribution in [0.15, 0.2) is 29.1 Å². The molecule has 1 aliphatic rings. The van der Waals surface area contributed by atoms with Gasteiger partial charge in [0, 0.05) is 45.6 Å². The maximum absolute atomic E-state index is 13.7. The number of hydrogen-bond acceptors (Lipinski definition) is 6. The van der Waals surface area contributed by atoms with E-state index in [2.05, 4.69) is 15.6 Å². The van der Waals surface area contributed by atoms with Gasteiger partial charge in [0.2, 0.25) is 5.95 Å². The molecule has 1 aliphatic heterocycles. The second-order valence-electron chi connectivity index (χ2n) is 8.84. The van der Waals surface area contributed by atoms with Crippen LogP contribution in [0.3, 0.4) is 0 Å². The van der Waals surface area contributed by atoms with Gasteiger partial charge in [0.1, 0.15) is 5.15 Å². The van der Waals surface area contributed by atoms with E-state index in [0.29, 0.717) is 22.5 Å². The summed E-state index contributed by atoms with van der Waals surface area (Å²) in [5, 5.41) is 6.46. The van der Waals surface area contributed by atoms with Crippen LogP contribution in [0.5, 0.6) is 0 Å². The highest BCUT2D eigenvalue weighted by Crippen LogP contribution is 2.32. The van der Waals surface area contributed by atoms with E-state index in [1.807, 2.05) is 19.9 Å². The molecular weight excluding hydrogens is 478 g/mol. The Morgan fingerprint density at radius 3 is 2.54 bits per heavy atom. The van der Waals surface area contributed by atoms with Crippen molar-refractivity contribution in [1.82, 2.24) is 19.9 Å². The molecule has 0 aliphatic carbocycles. The van der Waals surface area contributed by atoms with Crippen molar-refractivity contribution < 1.29 is 13.6 Å². The van der Waals surface area contributed by atoms with Crippen LogP contribution in [-0.2, 0) is 7.05 Å². The van der Waals surface area contributed by atoms with Gasteiger partial charge in [-0.05, 0) is 37.6 Å². The molecule has 11 heteroatoms. The normalized spacial score (nSPS) is 16.3. The standard InChI is InChI=1S/C24H27ClF2N6O2/c1-13-11-15(14(2)29-17-5-6-18(25)30-20(17)21(34)28-3)19-16(12-13)22(35)32(4)23(31-19)33-9-7-24(26,27)8-10-33/h5-6,11-12,14,29H,7-10H2,1-4H3,(H,28,34). The third-order valence-corrected chi connectivity index (χ3v) is 6.46. The van der Waals surface area contributed by atoms with Gasteiger partial charge in [-0.15, -0.1) is 0 Å². The van der Waals surface area contributed by atoms with E-state index in [9.17, 15) is 18.4 Å². The first-order chi connectivity index (χ1) is 16.5. The first kappa shape index (κ1) is 24.8. The summed E-state index contributed by atoms with van der Waals surface area (Å²) in [6, 6.07) is 6.57. The molecule has 1 aromatic carbocycles. The SMILES string of the molecule is CNC(=O)c1nc(Cl)ccc1NC(C)c1cc(C)cc2c(=O)n(C)c(N3CCC(F)(F)CC3)nc12. The van der Waals surface area contributed by atoms with Crippen molar-refractivity contribution in [3.05, 3.63) is 56.6 Å². The van der Waals surface area contributed by atoms with Gasteiger partial charge in [-0.1, -0.05) is 17.7 Å². The number of nitrogens with one attached hydrogen (secondary N) is 2. The number of anilines is 2. The summed E-state index contributed by atoms with van der Waals surface area (Å²) in [5.74, 6) is -2.75. The van der Waals surface area contributed by atoms with Gasteiger partial charge in [-0.2, -0.15) is 0 Å². The Morgan fingerprint density at radius 1 is 1.20 bits per heavy atom. The number of carbonyl (C=O) groups is 1. The number of aromatic nitrogens is 3. The van der Waals surface area contributed by atoms with Crippen molar-refractivity contribution in [3.8, 4) is 0 Å². The molecule has 1 saturated heterocycles. The quantitative estimate of drug-likeness (QED) is 0.509. The maximum atomic E-state index is 13.7. The third-order valence-electron chi connectivity index (χ3n) is 6.25. The molecule has 186 valence electrons. The molecule has 0 spiro atoms. The average molecular weight is 505 g/mol. The van der Waals surface area contributed by atoms with E-state index in [4.69, 9.17) is 16.6 Å². The van der Waals surface area contributed by atoms with Crippen LogP contribution in [-0.4, -0.2) is 46.5 Å². The topological polar surface area (TPSA) is 92.2 Å². The second kappa shape index (κ2) is 9.41. The first-order valence-corrected chi connectivity index (χ1v) is 11.7. The van der Waals surface area contributed by atoms with Crippen LogP contribution in [0.1, 0.15) is 47.4 Å². The fraction of sp³-hybridized carbons (Fsp3) is 0.417. The number of fused-ring (bicyclic) bond motifs is 1. The molecule has 1 fully saturated rings. The van der Waals surface area contributed by atoms with E-state index >= 15 is 0 Å². The molecule has 0 bridgehead atoms. The lowest BCUT2D eigenvalue weighted by molar-refractivity contribution is -0.0223. The van der Waals surface area contributed by atoms with E-state index in [1.165, 1.54) is 11.6 Å². The van der Waals surface area contributed by atoms with Gasteiger partial charge in [-0.3, -0.25) is 14.2 Å².